The molecule has 1 N–H and O–H groups in total. The summed E-state index contributed by atoms with van der Waals surface area (Å²) in [5.74, 6) is -0.0204. The predicted molar refractivity (Wildman–Crippen MR) is 67.7 cm³/mol. The number of Topliss-reactive ketones (excluding diaryl/α,β-unsaturated/α-hetero) is 1. The van der Waals surface area contributed by atoms with E-state index >= 15 is 0 Å². The fourth-order valence-corrected chi connectivity index (χ4v) is 1.56. The van der Waals surface area contributed by atoms with Gasteiger partial charge >= 0.3 is 0 Å². The highest BCUT2D eigenvalue weighted by Crippen LogP contribution is 2.10. The Morgan fingerprint density at radius 2 is 1.88 bits per heavy atom. The van der Waals surface area contributed by atoms with Gasteiger partial charge in [0.1, 0.15) is 5.78 Å². The van der Waals surface area contributed by atoms with Crippen LogP contribution in [0.5, 0.6) is 0 Å². The second kappa shape index (κ2) is 6.18. The number of ketones is 1. The lowest BCUT2D eigenvalue weighted by molar-refractivity contribution is -0.124. The van der Waals surface area contributed by atoms with E-state index in [1.54, 1.807) is 0 Å². The van der Waals surface area contributed by atoms with Crippen molar-refractivity contribution in [2.75, 3.05) is 0 Å². The van der Waals surface area contributed by atoms with E-state index in [9.17, 15) is 9.59 Å². The number of rotatable bonds is 5. The molecule has 0 bridgehead atoms. The topological polar surface area (TPSA) is 46.2 Å². The van der Waals surface area contributed by atoms with Gasteiger partial charge in [0.15, 0.2) is 0 Å². The molecule has 1 rings (SSSR count). The molecule has 0 fully saturated rings. The molecular formula is C14H19NO2. The van der Waals surface area contributed by atoms with Crippen molar-refractivity contribution in [3.8, 4) is 0 Å². The molecule has 0 aliphatic heterocycles. The second-order valence-electron chi connectivity index (χ2n) is 4.41. The van der Waals surface area contributed by atoms with Crippen molar-refractivity contribution in [2.45, 2.75) is 40.2 Å². The number of hydrogen-bond donors (Lipinski definition) is 1. The average molecular weight is 233 g/mol. The Kier molecular flexibility index (Phi) is 4.88. The Labute approximate surface area is 102 Å². The molecule has 0 spiro atoms. The molecule has 0 aromatic heterocycles. The van der Waals surface area contributed by atoms with Crippen LogP contribution in [0.4, 0.5) is 0 Å². The summed E-state index contributed by atoms with van der Waals surface area (Å²) in [5.41, 5.74) is 3.48. The summed E-state index contributed by atoms with van der Waals surface area (Å²) in [7, 11) is 0. The molecule has 3 nitrogen and oxygen atoms in total. The van der Waals surface area contributed by atoms with Gasteiger partial charge in [-0.3, -0.25) is 4.79 Å². The van der Waals surface area contributed by atoms with Crippen molar-refractivity contribution in [3.63, 3.8) is 0 Å². The minimum Gasteiger partial charge on any atom is -0.352 e. The van der Waals surface area contributed by atoms with Crippen molar-refractivity contribution in [3.05, 3.63) is 34.9 Å². The maximum absolute atomic E-state index is 11.5. The van der Waals surface area contributed by atoms with Crippen molar-refractivity contribution in [2.24, 2.45) is 0 Å². The minimum atomic E-state index is -0.0684. The number of carbonyl (C=O) groups excluding carboxylic acids is 2. The molecular weight excluding hydrogens is 214 g/mol. The first-order valence-corrected chi connectivity index (χ1v) is 5.81. The summed E-state index contributed by atoms with van der Waals surface area (Å²) >= 11 is 0. The van der Waals surface area contributed by atoms with Crippen LogP contribution in [0.15, 0.2) is 18.2 Å². The van der Waals surface area contributed by atoms with Gasteiger partial charge in [-0.15, -0.1) is 0 Å². The maximum Gasteiger partial charge on any atom is 0.220 e. The first-order valence-electron chi connectivity index (χ1n) is 5.81. The summed E-state index contributed by atoms with van der Waals surface area (Å²) in [5, 5.41) is 2.83. The fourth-order valence-electron chi connectivity index (χ4n) is 1.56. The molecule has 0 saturated heterocycles. The summed E-state index contributed by atoms with van der Waals surface area (Å²) in [6, 6.07) is 6.17. The van der Waals surface area contributed by atoms with E-state index in [2.05, 4.69) is 17.4 Å². The number of nitrogens with one attached hydrogen (secondary N) is 1. The first kappa shape index (κ1) is 13.4. The molecule has 92 valence electrons. The van der Waals surface area contributed by atoms with Crippen LogP contribution in [-0.4, -0.2) is 11.7 Å². The Morgan fingerprint density at radius 1 is 1.18 bits per heavy atom. The lowest BCUT2D eigenvalue weighted by Crippen LogP contribution is -2.23. The van der Waals surface area contributed by atoms with Crippen LogP contribution in [0.1, 0.15) is 36.5 Å². The van der Waals surface area contributed by atoms with Crippen molar-refractivity contribution in [1.29, 1.82) is 0 Å². The summed E-state index contributed by atoms with van der Waals surface area (Å²) in [4.78, 5) is 22.2. The van der Waals surface area contributed by atoms with Crippen LogP contribution < -0.4 is 5.32 Å². The largest absolute Gasteiger partial charge is 0.352 e. The zero-order valence-corrected chi connectivity index (χ0v) is 10.7. The molecule has 3 heteroatoms. The van der Waals surface area contributed by atoms with Gasteiger partial charge in [-0.1, -0.05) is 23.8 Å². The highest BCUT2D eigenvalue weighted by Gasteiger charge is 2.04. The molecule has 0 unspecified atom stereocenters. The monoisotopic (exact) mass is 233 g/mol. The van der Waals surface area contributed by atoms with E-state index in [1.807, 2.05) is 19.9 Å². The molecule has 0 radical (unpaired) electrons. The second-order valence-corrected chi connectivity index (χ2v) is 4.41. The Bertz CT molecular complexity index is 424. The van der Waals surface area contributed by atoms with Crippen molar-refractivity contribution >= 4 is 11.7 Å². The van der Waals surface area contributed by atoms with E-state index in [1.165, 1.54) is 18.1 Å². The summed E-state index contributed by atoms with van der Waals surface area (Å²) in [6.45, 7) is 6.08. The Hall–Kier alpha value is -1.64. The van der Waals surface area contributed by atoms with Crippen LogP contribution in [0.25, 0.3) is 0 Å². The van der Waals surface area contributed by atoms with Gasteiger partial charge in [-0.25, -0.2) is 0 Å². The number of aryl methyl sites for hydroxylation is 2. The highest BCUT2D eigenvalue weighted by molar-refractivity contribution is 5.83. The highest BCUT2D eigenvalue weighted by atomic mass is 16.2. The Morgan fingerprint density at radius 3 is 2.53 bits per heavy atom. The van der Waals surface area contributed by atoms with Crippen LogP contribution in [-0.2, 0) is 16.1 Å². The van der Waals surface area contributed by atoms with E-state index in [4.69, 9.17) is 0 Å². The molecule has 0 atom stereocenters. The molecule has 0 aliphatic rings. The number of hydrogen-bond acceptors (Lipinski definition) is 2. The van der Waals surface area contributed by atoms with Gasteiger partial charge in [0.05, 0.1) is 0 Å². The van der Waals surface area contributed by atoms with E-state index in [0.717, 1.165) is 5.56 Å². The van der Waals surface area contributed by atoms with Gasteiger partial charge in [0.2, 0.25) is 5.91 Å². The van der Waals surface area contributed by atoms with E-state index in [-0.39, 0.29) is 18.1 Å². The van der Waals surface area contributed by atoms with E-state index < -0.39 is 0 Å². The summed E-state index contributed by atoms with van der Waals surface area (Å²) in [6.07, 6.45) is 0.596. The normalized spacial score (nSPS) is 10.1. The lowest BCUT2D eigenvalue weighted by atomic mass is 10.1. The zero-order valence-electron chi connectivity index (χ0n) is 10.7. The SMILES string of the molecule is CC(=O)CCC(=O)NCc1cc(C)ccc1C. The Balaban J connectivity index is 2.47. The van der Waals surface area contributed by atoms with Crippen LogP contribution in [0.3, 0.4) is 0 Å². The third-order valence-corrected chi connectivity index (χ3v) is 2.68. The van der Waals surface area contributed by atoms with Gasteiger partial charge in [0.25, 0.3) is 0 Å². The fraction of sp³-hybridized carbons (Fsp3) is 0.429. The first-order chi connectivity index (χ1) is 7.99. The molecule has 0 aliphatic carbocycles. The van der Waals surface area contributed by atoms with Crippen molar-refractivity contribution in [1.82, 2.24) is 5.32 Å². The van der Waals surface area contributed by atoms with Crippen LogP contribution in [0.2, 0.25) is 0 Å². The standard InChI is InChI=1S/C14H19NO2/c1-10-4-5-11(2)13(8-10)9-15-14(17)7-6-12(3)16/h4-5,8H,6-7,9H2,1-3H3,(H,15,17). The van der Waals surface area contributed by atoms with Gasteiger partial charge in [0, 0.05) is 19.4 Å². The van der Waals surface area contributed by atoms with Crippen LogP contribution >= 0.6 is 0 Å². The lowest BCUT2D eigenvalue weighted by Gasteiger charge is -2.08. The average Bonchev–Trinajstić information content (AvgIpc) is 2.27. The summed E-state index contributed by atoms with van der Waals surface area (Å²) < 4.78 is 0. The van der Waals surface area contributed by atoms with Gasteiger partial charge < -0.3 is 10.1 Å². The number of benzene rings is 1. The molecule has 0 heterocycles. The number of carbonyl (C=O) groups is 2. The zero-order chi connectivity index (χ0) is 12.8. The minimum absolute atomic E-state index is 0.0480. The third-order valence-electron chi connectivity index (χ3n) is 2.68. The van der Waals surface area contributed by atoms with Gasteiger partial charge in [-0.2, -0.15) is 0 Å². The molecule has 1 aromatic rings. The maximum atomic E-state index is 11.5. The molecule has 1 aromatic carbocycles. The van der Waals surface area contributed by atoms with E-state index in [0.29, 0.717) is 13.0 Å². The molecule has 0 saturated carbocycles. The smallest absolute Gasteiger partial charge is 0.220 e. The quantitative estimate of drug-likeness (QED) is 0.848. The van der Waals surface area contributed by atoms with Crippen molar-refractivity contribution < 1.29 is 9.59 Å². The molecule has 17 heavy (non-hydrogen) atoms. The van der Waals surface area contributed by atoms with Crippen LogP contribution in [0, 0.1) is 13.8 Å². The van der Waals surface area contributed by atoms with Gasteiger partial charge in [-0.05, 0) is 31.9 Å². The molecule has 1 amide bonds. The predicted octanol–water partition coefficient (Wildman–Crippen LogP) is 2.29. The third kappa shape index (κ3) is 4.81. The number of amides is 1.